The summed E-state index contributed by atoms with van der Waals surface area (Å²) in [5, 5.41) is 0.630. The molecule has 3 saturated heterocycles. The predicted octanol–water partition coefficient (Wildman–Crippen LogP) is 3.02. The first kappa shape index (κ1) is 17.4. The fourth-order valence-electron chi connectivity index (χ4n) is 4.52. The van der Waals surface area contributed by atoms with E-state index in [0.717, 1.165) is 24.3 Å². The second-order valence-electron chi connectivity index (χ2n) is 7.77. The highest BCUT2D eigenvalue weighted by Gasteiger charge is 2.29. The van der Waals surface area contributed by atoms with Crippen molar-refractivity contribution >= 4 is 16.6 Å². The van der Waals surface area contributed by atoms with Gasteiger partial charge in [-0.3, -0.25) is 9.36 Å². The minimum atomic E-state index is -0.304. The molecule has 3 fully saturated rings. The van der Waals surface area contributed by atoms with Crippen LogP contribution in [0.3, 0.4) is 0 Å². The summed E-state index contributed by atoms with van der Waals surface area (Å²) < 4.78 is 14.8. The largest absolute Gasteiger partial charge is 0.367 e. The highest BCUT2D eigenvalue weighted by molar-refractivity contribution is 5.83. The van der Waals surface area contributed by atoms with Gasteiger partial charge in [-0.25, -0.2) is 9.37 Å². The predicted molar refractivity (Wildman–Crippen MR) is 109 cm³/mol. The van der Waals surface area contributed by atoms with E-state index in [1.54, 1.807) is 23.7 Å². The van der Waals surface area contributed by atoms with Crippen molar-refractivity contribution in [2.75, 3.05) is 31.1 Å². The van der Waals surface area contributed by atoms with E-state index in [-0.39, 0.29) is 11.4 Å². The maximum atomic E-state index is 13.3. The van der Waals surface area contributed by atoms with Gasteiger partial charge in [0.25, 0.3) is 5.56 Å². The SMILES string of the molecule is Cn1c(-c2ccc(F)cc2)nc2ccc(N3CCN4CCC3CC4)cc2c1=O. The van der Waals surface area contributed by atoms with Gasteiger partial charge < -0.3 is 9.80 Å². The lowest BCUT2D eigenvalue weighted by Gasteiger charge is -2.33. The Hall–Kier alpha value is -2.73. The molecule has 144 valence electrons. The third kappa shape index (κ3) is 2.88. The first-order valence-corrected chi connectivity index (χ1v) is 9.86. The third-order valence-electron chi connectivity index (χ3n) is 6.15. The van der Waals surface area contributed by atoms with Crippen LogP contribution in [0.25, 0.3) is 22.3 Å². The average Bonchev–Trinajstić information content (AvgIpc) is 3.05. The standard InChI is InChI=1S/C22H23FN4O/c1-25-21(15-2-4-16(23)5-3-15)24-20-7-6-18(14-19(20)22(25)28)27-13-12-26-10-8-17(27)9-11-26/h2-7,14,17H,8-13H2,1H3. The van der Waals surface area contributed by atoms with Gasteiger partial charge in [-0.05, 0) is 55.3 Å². The van der Waals surface area contributed by atoms with Crippen LogP contribution in [0.1, 0.15) is 12.8 Å². The summed E-state index contributed by atoms with van der Waals surface area (Å²) in [6.07, 6.45) is 2.36. The van der Waals surface area contributed by atoms with Crippen molar-refractivity contribution in [1.29, 1.82) is 0 Å². The third-order valence-corrected chi connectivity index (χ3v) is 6.15. The number of fused-ring (bicyclic) bond motifs is 5. The Morgan fingerprint density at radius 2 is 1.75 bits per heavy atom. The minimum absolute atomic E-state index is 0.0750. The number of aromatic nitrogens is 2. The van der Waals surface area contributed by atoms with Crippen molar-refractivity contribution in [3.63, 3.8) is 0 Å². The Morgan fingerprint density at radius 1 is 1.00 bits per heavy atom. The monoisotopic (exact) mass is 378 g/mol. The van der Waals surface area contributed by atoms with Crippen LogP contribution in [-0.4, -0.2) is 46.7 Å². The van der Waals surface area contributed by atoms with Gasteiger partial charge in [0.2, 0.25) is 0 Å². The Morgan fingerprint density at radius 3 is 2.50 bits per heavy atom. The van der Waals surface area contributed by atoms with Crippen LogP contribution < -0.4 is 10.5 Å². The molecule has 6 heteroatoms. The number of hydrogen-bond acceptors (Lipinski definition) is 4. The molecule has 2 aromatic carbocycles. The van der Waals surface area contributed by atoms with Crippen molar-refractivity contribution in [3.05, 3.63) is 58.6 Å². The summed E-state index contributed by atoms with van der Waals surface area (Å²) in [5.74, 6) is 0.244. The van der Waals surface area contributed by atoms with Gasteiger partial charge >= 0.3 is 0 Å². The molecule has 0 unspecified atom stereocenters. The zero-order valence-electron chi connectivity index (χ0n) is 15.9. The molecular weight excluding hydrogens is 355 g/mol. The molecule has 0 saturated carbocycles. The molecule has 0 amide bonds. The molecule has 0 spiro atoms. The van der Waals surface area contributed by atoms with Gasteiger partial charge in [-0.1, -0.05) is 0 Å². The summed E-state index contributed by atoms with van der Waals surface area (Å²) in [4.78, 5) is 22.8. The number of anilines is 1. The molecule has 0 N–H and O–H groups in total. The van der Waals surface area contributed by atoms with E-state index in [2.05, 4.69) is 15.9 Å². The van der Waals surface area contributed by atoms with Crippen molar-refractivity contribution in [2.45, 2.75) is 18.9 Å². The number of piperidine rings is 1. The minimum Gasteiger partial charge on any atom is -0.367 e. The fraction of sp³-hybridized carbons (Fsp3) is 0.364. The second-order valence-corrected chi connectivity index (χ2v) is 7.77. The average molecular weight is 378 g/mol. The van der Waals surface area contributed by atoms with Crippen LogP contribution in [0.15, 0.2) is 47.3 Å². The van der Waals surface area contributed by atoms with Gasteiger partial charge in [0.05, 0.1) is 10.9 Å². The van der Waals surface area contributed by atoms with E-state index in [1.165, 1.54) is 38.1 Å². The molecule has 3 aliphatic rings. The summed E-state index contributed by atoms with van der Waals surface area (Å²) in [7, 11) is 1.72. The Bertz CT molecular complexity index is 1080. The van der Waals surface area contributed by atoms with E-state index in [9.17, 15) is 9.18 Å². The lowest BCUT2D eigenvalue weighted by molar-refractivity contribution is 0.250. The quantitative estimate of drug-likeness (QED) is 0.687. The lowest BCUT2D eigenvalue weighted by atomic mass is 10.0. The van der Waals surface area contributed by atoms with Crippen LogP contribution in [0.5, 0.6) is 0 Å². The van der Waals surface area contributed by atoms with Crippen LogP contribution in [-0.2, 0) is 7.05 Å². The molecule has 3 aliphatic heterocycles. The van der Waals surface area contributed by atoms with Crippen molar-refractivity contribution < 1.29 is 4.39 Å². The zero-order valence-corrected chi connectivity index (χ0v) is 15.9. The summed E-state index contributed by atoms with van der Waals surface area (Å²) in [6.45, 7) is 4.41. The van der Waals surface area contributed by atoms with E-state index in [0.29, 0.717) is 22.8 Å². The molecule has 2 bridgehead atoms. The smallest absolute Gasteiger partial charge is 0.261 e. The van der Waals surface area contributed by atoms with Crippen LogP contribution >= 0.6 is 0 Å². The maximum absolute atomic E-state index is 13.3. The van der Waals surface area contributed by atoms with E-state index >= 15 is 0 Å². The molecular formula is C22H23FN4O. The van der Waals surface area contributed by atoms with Crippen LogP contribution in [0, 0.1) is 5.82 Å². The Labute approximate surface area is 163 Å². The number of nitrogens with zero attached hydrogens (tertiary/aromatic N) is 4. The zero-order chi connectivity index (χ0) is 19.3. The van der Waals surface area contributed by atoms with Gasteiger partial charge in [0.15, 0.2) is 0 Å². The van der Waals surface area contributed by atoms with E-state index < -0.39 is 0 Å². The maximum Gasteiger partial charge on any atom is 0.261 e. The first-order chi connectivity index (χ1) is 13.6. The molecule has 6 rings (SSSR count). The topological polar surface area (TPSA) is 41.4 Å². The Kier molecular flexibility index (Phi) is 4.16. The summed E-state index contributed by atoms with van der Waals surface area (Å²) >= 11 is 0. The van der Waals surface area contributed by atoms with Crippen LogP contribution in [0.2, 0.25) is 0 Å². The van der Waals surface area contributed by atoms with E-state index in [4.69, 9.17) is 4.98 Å². The van der Waals surface area contributed by atoms with Gasteiger partial charge in [-0.2, -0.15) is 0 Å². The number of halogens is 1. The first-order valence-electron chi connectivity index (χ1n) is 9.86. The van der Waals surface area contributed by atoms with Crippen molar-refractivity contribution in [3.8, 4) is 11.4 Å². The second kappa shape index (κ2) is 6.71. The molecule has 5 nitrogen and oxygen atoms in total. The number of benzene rings is 2. The molecule has 1 aromatic heterocycles. The van der Waals surface area contributed by atoms with Crippen LogP contribution in [0.4, 0.5) is 10.1 Å². The van der Waals surface area contributed by atoms with Crippen molar-refractivity contribution in [2.24, 2.45) is 7.05 Å². The molecule has 0 aliphatic carbocycles. The normalized spacial score (nSPS) is 21.9. The van der Waals surface area contributed by atoms with Gasteiger partial charge in [0, 0.05) is 50.5 Å². The molecule has 0 atom stereocenters. The molecule has 28 heavy (non-hydrogen) atoms. The lowest BCUT2D eigenvalue weighted by Crippen LogP contribution is -2.38. The Balaban J connectivity index is 1.59. The molecule has 0 radical (unpaired) electrons. The van der Waals surface area contributed by atoms with E-state index in [1.807, 2.05) is 12.1 Å². The molecule has 3 aromatic rings. The van der Waals surface area contributed by atoms with Gasteiger partial charge in [-0.15, -0.1) is 0 Å². The summed E-state index contributed by atoms with van der Waals surface area (Å²) in [5.41, 5.74) is 2.43. The summed E-state index contributed by atoms with van der Waals surface area (Å²) in [6, 6.07) is 12.6. The highest BCUT2D eigenvalue weighted by atomic mass is 19.1. The highest BCUT2D eigenvalue weighted by Crippen LogP contribution is 2.29. The van der Waals surface area contributed by atoms with Gasteiger partial charge in [0.1, 0.15) is 11.6 Å². The van der Waals surface area contributed by atoms with Crippen molar-refractivity contribution in [1.82, 2.24) is 14.5 Å². The number of hydrogen-bond donors (Lipinski definition) is 0. The fourth-order valence-corrected chi connectivity index (χ4v) is 4.52. The number of rotatable bonds is 2. The molecule has 4 heterocycles.